The number of rotatable bonds is 6. The van der Waals surface area contributed by atoms with Crippen molar-refractivity contribution in [3.8, 4) is 16.9 Å². The molecule has 0 radical (unpaired) electrons. The van der Waals surface area contributed by atoms with Gasteiger partial charge in [-0.3, -0.25) is 9.59 Å². The van der Waals surface area contributed by atoms with Crippen LogP contribution in [-0.4, -0.2) is 38.2 Å². The van der Waals surface area contributed by atoms with Gasteiger partial charge in [0.05, 0.1) is 25.5 Å². The first-order chi connectivity index (χ1) is 14.1. The van der Waals surface area contributed by atoms with E-state index in [4.69, 9.17) is 4.74 Å². The van der Waals surface area contributed by atoms with Crippen molar-refractivity contribution in [1.29, 1.82) is 0 Å². The average Bonchev–Trinajstić information content (AvgIpc) is 3.11. The lowest BCUT2D eigenvalue weighted by atomic mass is 9.95. The highest BCUT2D eigenvalue weighted by atomic mass is 16.5. The van der Waals surface area contributed by atoms with Gasteiger partial charge in [-0.2, -0.15) is 0 Å². The summed E-state index contributed by atoms with van der Waals surface area (Å²) in [6, 6.07) is 14.6. The quantitative estimate of drug-likeness (QED) is 0.736. The number of benzene rings is 2. The van der Waals surface area contributed by atoms with Gasteiger partial charge in [0.15, 0.2) is 0 Å². The summed E-state index contributed by atoms with van der Waals surface area (Å²) >= 11 is 0. The van der Waals surface area contributed by atoms with Crippen molar-refractivity contribution in [2.45, 2.75) is 31.8 Å². The number of carbonyl (C=O) groups excluding carboxylic acids is 2. The van der Waals surface area contributed by atoms with E-state index < -0.39 is 0 Å². The number of ether oxygens (including phenoxy) is 2. The van der Waals surface area contributed by atoms with E-state index in [1.54, 1.807) is 0 Å². The summed E-state index contributed by atoms with van der Waals surface area (Å²) in [5, 5.41) is 6.29. The molecule has 2 aliphatic heterocycles. The number of hydrogen-bond donors (Lipinski definition) is 2. The van der Waals surface area contributed by atoms with Crippen molar-refractivity contribution in [2.24, 2.45) is 5.92 Å². The van der Waals surface area contributed by atoms with Gasteiger partial charge < -0.3 is 20.1 Å². The molecule has 6 heteroatoms. The largest absolute Gasteiger partial charge is 0.491 e. The molecule has 6 nitrogen and oxygen atoms in total. The monoisotopic (exact) mass is 394 g/mol. The molecule has 1 fully saturated rings. The van der Waals surface area contributed by atoms with Crippen LogP contribution in [0.4, 0.5) is 0 Å². The predicted molar refractivity (Wildman–Crippen MR) is 109 cm³/mol. The molecule has 2 aromatic carbocycles. The summed E-state index contributed by atoms with van der Waals surface area (Å²) in [7, 11) is 1.33. The number of methoxy groups -OCH3 is 1. The Morgan fingerprint density at radius 1 is 1.10 bits per heavy atom. The van der Waals surface area contributed by atoms with Crippen LogP contribution in [0.25, 0.3) is 11.1 Å². The first-order valence-electron chi connectivity index (χ1n) is 10.1. The van der Waals surface area contributed by atoms with Crippen LogP contribution in [0.5, 0.6) is 5.75 Å². The van der Waals surface area contributed by atoms with Gasteiger partial charge in [0.2, 0.25) is 5.91 Å². The second-order valence-electron chi connectivity index (χ2n) is 7.66. The second-order valence-corrected chi connectivity index (χ2v) is 7.66. The smallest absolute Gasteiger partial charge is 0.306 e. The zero-order valence-corrected chi connectivity index (χ0v) is 16.6. The zero-order valence-electron chi connectivity index (χ0n) is 16.6. The van der Waals surface area contributed by atoms with E-state index in [1.807, 2.05) is 12.1 Å². The topological polar surface area (TPSA) is 76.7 Å². The molecular formula is C23H26N2O4. The summed E-state index contributed by atoms with van der Waals surface area (Å²) in [5.74, 6) is -0.0399. The number of nitrogens with one attached hydrogen (secondary N) is 2. The second kappa shape index (κ2) is 8.66. The Morgan fingerprint density at radius 3 is 2.69 bits per heavy atom. The van der Waals surface area contributed by atoms with Crippen LogP contribution in [0.15, 0.2) is 42.5 Å². The molecule has 0 unspecified atom stereocenters. The molecule has 1 saturated heterocycles. The fourth-order valence-electron chi connectivity index (χ4n) is 4.00. The lowest BCUT2D eigenvalue weighted by Crippen LogP contribution is -2.31. The highest BCUT2D eigenvalue weighted by Gasteiger charge is 2.34. The standard InChI is InChI=1S/C23H26N2O4/c1-28-22(26)12-19-11-20(25-23(19)27)14-29-21-6-4-15(5-7-21)16-2-3-18-13-24-9-8-17(18)10-16/h2-7,10,19-20,24H,8-9,11-14H2,1H3,(H,25,27)/t19-,20-/m0/s1. The molecule has 0 spiro atoms. The van der Waals surface area contributed by atoms with Gasteiger partial charge in [-0.25, -0.2) is 0 Å². The van der Waals surface area contributed by atoms with E-state index >= 15 is 0 Å². The molecule has 0 saturated carbocycles. The minimum Gasteiger partial charge on any atom is -0.491 e. The van der Waals surface area contributed by atoms with Crippen LogP contribution in [0.3, 0.4) is 0 Å². The molecule has 0 aliphatic carbocycles. The maximum atomic E-state index is 12.0. The van der Waals surface area contributed by atoms with Crippen LogP contribution in [0.2, 0.25) is 0 Å². The number of amides is 1. The van der Waals surface area contributed by atoms with Crippen molar-refractivity contribution < 1.29 is 19.1 Å². The Bertz CT molecular complexity index is 894. The first-order valence-corrected chi connectivity index (χ1v) is 10.1. The maximum Gasteiger partial charge on any atom is 0.306 e. The summed E-state index contributed by atoms with van der Waals surface area (Å²) in [6.07, 6.45) is 1.76. The average molecular weight is 394 g/mol. The molecule has 1 amide bonds. The van der Waals surface area contributed by atoms with E-state index in [2.05, 4.69) is 45.7 Å². The Balaban J connectivity index is 1.33. The molecule has 2 N–H and O–H groups in total. The minimum absolute atomic E-state index is 0.0916. The van der Waals surface area contributed by atoms with Gasteiger partial charge in [0.25, 0.3) is 0 Å². The lowest BCUT2D eigenvalue weighted by molar-refractivity contribution is -0.143. The van der Waals surface area contributed by atoms with Gasteiger partial charge in [-0.05, 0) is 53.8 Å². The molecule has 152 valence electrons. The van der Waals surface area contributed by atoms with Crippen molar-refractivity contribution in [1.82, 2.24) is 10.6 Å². The summed E-state index contributed by atoms with van der Waals surface area (Å²) in [4.78, 5) is 23.4. The Morgan fingerprint density at radius 2 is 1.90 bits per heavy atom. The van der Waals surface area contributed by atoms with E-state index in [9.17, 15) is 9.59 Å². The van der Waals surface area contributed by atoms with E-state index in [0.29, 0.717) is 13.0 Å². The molecule has 2 atom stereocenters. The molecular weight excluding hydrogens is 368 g/mol. The van der Waals surface area contributed by atoms with Crippen molar-refractivity contribution >= 4 is 11.9 Å². The van der Waals surface area contributed by atoms with Gasteiger partial charge in [0, 0.05) is 6.54 Å². The van der Waals surface area contributed by atoms with Crippen LogP contribution < -0.4 is 15.4 Å². The fourth-order valence-corrected chi connectivity index (χ4v) is 4.00. The van der Waals surface area contributed by atoms with E-state index in [0.717, 1.165) is 30.8 Å². The number of carbonyl (C=O) groups is 2. The number of esters is 1. The minimum atomic E-state index is -0.360. The lowest BCUT2D eigenvalue weighted by Gasteiger charge is -2.18. The molecule has 2 heterocycles. The molecule has 29 heavy (non-hydrogen) atoms. The summed E-state index contributed by atoms with van der Waals surface area (Å²) < 4.78 is 10.5. The summed E-state index contributed by atoms with van der Waals surface area (Å²) in [6.45, 7) is 2.36. The molecule has 4 rings (SSSR count). The third-order valence-electron chi connectivity index (χ3n) is 5.66. The maximum absolute atomic E-state index is 12.0. The SMILES string of the molecule is COC(=O)C[C@@H]1C[C@@H](COc2ccc(-c3ccc4c(c3)CCNC4)cc2)NC1=O. The Hall–Kier alpha value is -2.86. The molecule has 0 aromatic heterocycles. The Labute approximate surface area is 170 Å². The fraction of sp³-hybridized carbons (Fsp3) is 0.391. The Kier molecular flexibility index (Phi) is 5.81. The van der Waals surface area contributed by atoms with Crippen LogP contribution >= 0.6 is 0 Å². The van der Waals surface area contributed by atoms with Crippen molar-refractivity contribution in [3.05, 3.63) is 53.6 Å². The third-order valence-corrected chi connectivity index (χ3v) is 5.66. The van der Waals surface area contributed by atoms with E-state index in [-0.39, 0.29) is 30.3 Å². The predicted octanol–water partition coefficient (Wildman–Crippen LogP) is 2.45. The van der Waals surface area contributed by atoms with Crippen LogP contribution in [0, 0.1) is 5.92 Å². The van der Waals surface area contributed by atoms with Gasteiger partial charge in [-0.1, -0.05) is 30.3 Å². The highest BCUT2D eigenvalue weighted by molar-refractivity contribution is 5.85. The normalized spacial score (nSPS) is 20.7. The molecule has 2 aliphatic rings. The van der Waals surface area contributed by atoms with Gasteiger partial charge in [0.1, 0.15) is 12.4 Å². The highest BCUT2D eigenvalue weighted by Crippen LogP contribution is 2.27. The number of fused-ring (bicyclic) bond motifs is 1. The molecule has 2 aromatic rings. The first kappa shape index (κ1) is 19.5. The van der Waals surface area contributed by atoms with Crippen molar-refractivity contribution in [3.63, 3.8) is 0 Å². The zero-order chi connectivity index (χ0) is 20.2. The third kappa shape index (κ3) is 4.59. The van der Waals surface area contributed by atoms with Gasteiger partial charge in [-0.15, -0.1) is 0 Å². The molecule has 0 bridgehead atoms. The van der Waals surface area contributed by atoms with Crippen molar-refractivity contribution in [2.75, 3.05) is 20.3 Å². The van der Waals surface area contributed by atoms with E-state index in [1.165, 1.54) is 23.8 Å². The van der Waals surface area contributed by atoms with Crippen LogP contribution in [0.1, 0.15) is 24.0 Å². The van der Waals surface area contributed by atoms with Gasteiger partial charge >= 0.3 is 5.97 Å². The summed E-state index contributed by atoms with van der Waals surface area (Å²) in [5.41, 5.74) is 5.17. The van der Waals surface area contributed by atoms with Crippen LogP contribution in [-0.2, 0) is 27.3 Å². The number of hydrogen-bond acceptors (Lipinski definition) is 5.